The molecule has 2 aliphatic heterocycles. The molecule has 2 aromatic carbocycles. The molecule has 0 saturated carbocycles. The fourth-order valence-electron chi connectivity index (χ4n) is 4.53. The number of nitrogens with two attached hydrogens (primary N) is 1. The largest absolute Gasteiger partial charge is 0.370 e. The molecule has 2 aliphatic rings. The van der Waals surface area contributed by atoms with Crippen molar-refractivity contribution >= 4 is 45.6 Å². The zero-order valence-electron chi connectivity index (χ0n) is 18.6. The van der Waals surface area contributed by atoms with E-state index in [1.54, 1.807) is 6.08 Å². The van der Waals surface area contributed by atoms with Gasteiger partial charge in [0.1, 0.15) is 5.82 Å². The Hall–Kier alpha value is -3.23. The van der Waals surface area contributed by atoms with Gasteiger partial charge in [0, 0.05) is 35.8 Å². The van der Waals surface area contributed by atoms with Crippen LogP contribution in [-0.4, -0.2) is 40.2 Å². The van der Waals surface area contributed by atoms with E-state index < -0.39 is 0 Å². The first-order valence-electron chi connectivity index (χ1n) is 11.0. The maximum absolute atomic E-state index is 11.9. The van der Waals surface area contributed by atoms with Gasteiger partial charge < -0.3 is 10.6 Å². The summed E-state index contributed by atoms with van der Waals surface area (Å²) in [5, 5.41) is 2.84. The number of fused-ring (bicyclic) bond motifs is 1. The highest BCUT2D eigenvalue weighted by atomic mass is 32.2. The summed E-state index contributed by atoms with van der Waals surface area (Å²) in [4.78, 5) is 35.5. The van der Waals surface area contributed by atoms with Crippen LogP contribution in [0.1, 0.15) is 29.8 Å². The lowest BCUT2D eigenvalue weighted by Crippen LogP contribution is -2.43. The number of nitrogens with zero attached hydrogens (tertiary/aromatic N) is 3. The van der Waals surface area contributed by atoms with Crippen molar-refractivity contribution in [3.05, 3.63) is 58.3 Å². The van der Waals surface area contributed by atoms with Crippen LogP contribution in [0.5, 0.6) is 0 Å². The van der Waals surface area contributed by atoms with Crippen LogP contribution in [0.4, 0.5) is 10.5 Å². The molecule has 1 aromatic heterocycles. The quantitative estimate of drug-likeness (QED) is 0.567. The summed E-state index contributed by atoms with van der Waals surface area (Å²) in [6, 6.07) is 12.4. The average Bonchev–Trinajstić information content (AvgIpc) is 3.09. The highest BCUT2D eigenvalue weighted by Crippen LogP contribution is 2.33. The van der Waals surface area contributed by atoms with Crippen molar-refractivity contribution in [2.45, 2.75) is 32.7 Å². The van der Waals surface area contributed by atoms with Crippen molar-refractivity contribution in [2.24, 2.45) is 5.73 Å². The highest BCUT2D eigenvalue weighted by Gasteiger charge is 2.25. The lowest BCUT2D eigenvalue weighted by molar-refractivity contribution is -0.115. The van der Waals surface area contributed by atoms with Gasteiger partial charge in [0.25, 0.3) is 11.1 Å². The third-order valence-corrected chi connectivity index (χ3v) is 6.85. The van der Waals surface area contributed by atoms with E-state index in [2.05, 4.69) is 40.3 Å². The molecule has 33 heavy (non-hydrogen) atoms. The maximum atomic E-state index is 11.9. The van der Waals surface area contributed by atoms with E-state index in [0.29, 0.717) is 10.7 Å². The molecular formula is C25H25N5O2S. The molecule has 7 nitrogen and oxygen atoms in total. The normalized spacial score (nSPS) is 20.0. The molecule has 2 fully saturated rings. The molecule has 1 atom stereocenters. The number of thioether (sulfide) groups is 1. The Morgan fingerprint density at radius 1 is 1.15 bits per heavy atom. The molecule has 8 heteroatoms. The lowest BCUT2D eigenvalue weighted by Gasteiger charge is -2.33. The third-order valence-electron chi connectivity index (χ3n) is 6.04. The minimum absolute atomic E-state index is 0.217. The number of rotatable bonds is 3. The first-order valence-corrected chi connectivity index (χ1v) is 11.8. The number of amides is 2. The Labute approximate surface area is 196 Å². The Morgan fingerprint density at radius 2 is 2.00 bits per heavy atom. The van der Waals surface area contributed by atoms with Gasteiger partial charge in [-0.2, -0.15) is 0 Å². The highest BCUT2D eigenvalue weighted by molar-refractivity contribution is 8.18. The number of anilines is 1. The van der Waals surface area contributed by atoms with Crippen LogP contribution < -0.4 is 16.0 Å². The molecule has 3 aromatic rings. The molecule has 0 unspecified atom stereocenters. The molecule has 2 saturated heterocycles. The van der Waals surface area contributed by atoms with Crippen LogP contribution in [0.2, 0.25) is 0 Å². The van der Waals surface area contributed by atoms with Crippen molar-refractivity contribution in [1.29, 1.82) is 0 Å². The summed E-state index contributed by atoms with van der Waals surface area (Å²) < 4.78 is 0. The van der Waals surface area contributed by atoms with Crippen LogP contribution in [0.15, 0.2) is 41.3 Å². The summed E-state index contributed by atoms with van der Waals surface area (Å²) in [5.74, 6) is 0.331. The minimum Gasteiger partial charge on any atom is -0.370 e. The lowest BCUT2D eigenvalue weighted by atomic mass is 9.99. The number of hydrogen-bond acceptors (Lipinski definition) is 7. The number of hydrogen-bond donors (Lipinski definition) is 2. The van der Waals surface area contributed by atoms with Crippen molar-refractivity contribution in [3.63, 3.8) is 0 Å². The summed E-state index contributed by atoms with van der Waals surface area (Å²) in [6.07, 6.45) is 3.91. The van der Waals surface area contributed by atoms with E-state index in [1.807, 2.05) is 25.1 Å². The monoisotopic (exact) mass is 459 g/mol. The number of imide groups is 1. The average molecular weight is 460 g/mol. The standard InChI is InChI=1S/C25H25N5O2S/c1-14-10-17(6-8-21(14)30-9-3-4-18(26)13-30)23-19-11-16(5-7-20(19)27-15(2)28-23)12-22-24(31)29-25(32)33-22/h5-8,10-12,18H,3-4,9,13,26H2,1-2H3,(H,29,31,32)/t18-/m1/s1. The van der Waals surface area contributed by atoms with E-state index in [9.17, 15) is 9.59 Å². The number of carbonyl (C=O) groups excluding carboxylic acids is 2. The second-order valence-corrected chi connectivity index (χ2v) is 9.61. The van der Waals surface area contributed by atoms with Gasteiger partial charge in [0.15, 0.2) is 0 Å². The fourth-order valence-corrected chi connectivity index (χ4v) is 5.21. The predicted octanol–water partition coefficient (Wildman–Crippen LogP) is 4.17. The van der Waals surface area contributed by atoms with Gasteiger partial charge in [-0.15, -0.1) is 0 Å². The van der Waals surface area contributed by atoms with Crippen LogP contribution >= 0.6 is 11.8 Å². The molecule has 3 N–H and O–H groups in total. The van der Waals surface area contributed by atoms with Crippen LogP contribution in [0.25, 0.3) is 28.2 Å². The molecule has 0 spiro atoms. The fraction of sp³-hybridized carbons (Fsp3) is 0.280. The Kier molecular flexibility index (Phi) is 5.64. The second-order valence-electron chi connectivity index (χ2n) is 8.60. The summed E-state index contributed by atoms with van der Waals surface area (Å²) in [5.41, 5.74) is 12.1. The van der Waals surface area contributed by atoms with Crippen molar-refractivity contribution in [1.82, 2.24) is 15.3 Å². The smallest absolute Gasteiger partial charge is 0.290 e. The zero-order valence-corrected chi connectivity index (χ0v) is 19.4. The summed E-state index contributed by atoms with van der Waals surface area (Å²) >= 11 is 0.911. The number of aromatic nitrogens is 2. The summed E-state index contributed by atoms with van der Waals surface area (Å²) in [7, 11) is 0. The number of aryl methyl sites for hydroxylation is 2. The topological polar surface area (TPSA) is 101 Å². The predicted molar refractivity (Wildman–Crippen MR) is 133 cm³/mol. The first kappa shape index (κ1) is 21.6. The van der Waals surface area contributed by atoms with Crippen LogP contribution in [0, 0.1) is 13.8 Å². The first-order chi connectivity index (χ1) is 15.9. The molecule has 168 valence electrons. The molecule has 0 bridgehead atoms. The van der Waals surface area contributed by atoms with E-state index in [0.717, 1.165) is 65.4 Å². The Bertz CT molecular complexity index is 1320. The molecule has 3 heterocycles. The van der Waals surface area contributed by atoms with Gasteiger partial charge >= 0.3 is 0 Å². The molecule has 0 aliphatic carbocycles. The third kappa shape index (κ3) is 4.36. The Morgan fingerprint density at radius 3 is 2.73 bits per heavy atom. The number of carbonyl (C=O) groups is 2. The van der Waals surface area contributed by atoms with Gasteiger partial charge in [0.2, 0.25) is 0 Å². The Balaban J connectivity index is 1.56. The van der Waals surface area contributed by atoms with Crippen LogP contribution in [-0.2, 0) is 4.79 Å². The van der Waals surface area contributed by atoms with Crippen molar-refractivity contribution < 1.29 is 9.59 Å². The zero-order chi connectivity index (χ0) is 23.1. The number of nitrogens with one attached hydrogen (secondary N) is 1. The van der Waals surface area contributed by atoms with E-state index in [4.69, 9.17) is 10.7 Å². The minimum atomic E-state index is -0.367. The van der Waals surface area contributed by atoms with Gasteiger partial charge in [-0.1, -0.05) is 12.1 Å². The van der Waals surface area contributed by atoms with E-state index in [1.165, 1.54) is 11.3 Å². The van der Waals surface area contributed by atoms with E-state index >= 15 is 0 Å². The SMILES string of the molecule is Cc1nc(-c2ccc(N3CCC[C@@H](N)C3)c(C)c2)c2cc(C=C3SC(=O)NC3=O)ccc2n1. The van der Waals surface area contributed by atoms with Crippen molar-refractivity contribution in [3.8, 4) is 11.3 Å². The van der Waals surface area contributed by atoms with Gasteiger partial charge in [-0.25, -0.2) is 9.97 Å². The number of benzene rings is 2. The molecule has 5 rings (SSSR count). The van der Waals surface area contributed by atoms with Crippen LogP contribution in [0.3, 0.4) is 0 Å². The maximum Gasteiger partial charge on any atom is 0.290 e. The van der Waals surface area contributed by atoms with Gasteiger partial charge in [-0.05, 0) is 79.9 Å². The summed E-state index contributed by atoms with van der Waals surface area (Å²) in [6.45, 7) is 5.91. The molecule has 2 amide bonds. The van der Waals surface area contributed by atoms with Crippen molar-refractivity contribution in [2.75, 3.05) is 18.0 Å². The van der Waals surface area contributed by atoms with E-state index in [-0.39, 0.29) is 17.2 Å². The van der Waals surface area contributed by atoms with Gasteiger partial charge in [-0.3, -0.25) is 14.9 Å². The van der Waals surface area contributed by atoms with Gasteiger partial charge in [0.05, 0.1) is 16.1 Å². The second kappa shape index (κ2) is 8.61. The molecule has 0 radical (unpaired) electrons. The number of piperidine rings is 1. The molecular weight excluding hydrogens is 434 g/mol.